The summed E-state index contributed by atoms with van der Waals surface area (Å²) in [7, 11) is 0. The van der Waals surface area contributed by atoms with Crippen molar-refractivity contribution in [3.63, 3.8) is 0 Å². The van der Waals surface area contributed by atoms with Gasteiger partial charge in [0.2, 0.25) is 0 Å². The van der Waals surface area contributed by atoms with Crippen LogP contribution in [-0.2, 0) is 6.42 Å². The minimum absolute atomic E-state index is 0.100. The van der Waals surface area contributed by atoms with Crippen LogP contribution < -0.4 is 4.90 Å². The van der Waals surface area contributed by atoms with Gasteiger partial charge in [-0.05, 0) is 72.2 Å². The Labute approximate surface area is 132 Å². The van der Waals surface area contributed by atoms with Gasteiger partial charge in [0, 0.05) is 20.9 Å². The third-order valence-electron chi connectivity index (χ3n) is 3.81. The number of fused-ring (bicyclic) bond motifs is 1. The number of nitrogens with zero attached hydrogens (tertiary/aromatic N) is 1. The molecule has 1 atom stereocenters. The van der Waals surface area contributed by atoms with Gasteiger partial charge in [0.15, 0.2) is 0 Å². The largest absolute Gasteiger partial charge is 0.305 e. The Balaban J connectivity index is 2.03. The van der Waals surface area contributed by atoms with Crippen molar-refractivity contribution in [1.82, 2.24) is 0 Å². The third-order valence-corrected chi connectivity index (χ3v) is 4.48. The van der Waals surface area contributed by atoms with Crippen LogP contribution in [0.2, 0.25) is 0 Å². The van der Waals surface area contributed by atoms with Crippen LogP contribution in [0, 0.1) is 3.57 Å². The number of hydrogen-bond acceptors (Lipinski definition) is 1. The maximum absolute atomic E-state index is 12.8. The van der Waals surface area contributed by atoms with E-state index in [0.717, 1.165) is 27.7 Å². The summed E-state index contributed by atoms with van der Waals surface area (Å²) in [6, 6.07) is 16.3. The fourth-order valence-electron chi connectivity index (χ4n) is 2.76. The molecule has 0 fully saturated rings. The molecule has 0 saturated carbocycles. The maximum atomic E-state index is 12.8. The Bertz CT molecular complexity index is 653. The molecule has 0 N–H and O–H groups in total. The number of rotatable bonds is 1. The number of amides is 1. The SMILES string of the molecule is C[C@@H]1CCc2ccccc2N1C(=O)c1cccc(I)c1. The van der Waals surface area contributed by atoms with E-state index < -0.39 is 0 Å². The molecular formula is C17H16INO. The first-order valence-corrected chi connectivity index (χ1v) is 7.92. The number of carbonyl (C=O) groups is 1. The zero-order valence-corrected chi connectivity index (χ0v) is 13.5. The van der Waals surface area contributed by atoms with E-state index in [-0.39, 0.29) is 11.9 Å². The van der Waals surface area contributed by atoms with Crippen LogP contribution >= 0.6 is 22.6 Å². The van der Waals surface area contributed by atoms with Crippen molar-refractivity contribution in [2.45, 2.75) is 25.8 Å². The summed E-state index contributed by atoms with van der Waals surface area (Å²) < 4.78 is 1.09. The number of aryl methyl sites for hydroxylation is 1. The number of para-hydroxylation sites is 1. The van der Waals surface area contributed by atoms with E-state index in [9.17, 15) is 4.79 Å². The van der Waals surface area contributed by atoms with Crippen LogP contribution in [0.4, 0.5) is 5.69 Å². The molecule has 3 heteroatoms. The Morgan fingerprint density at radius 1 is 1.20 bits per heavy atom. The average molecular weight is 377 g/mol. The number of anilines is 1. The van der Waals surface area contributed by atoms with Crippen molar-refractivity contribution in [2.75, 3.05) is 4.90 Å². The summed E-state index contributed by atoms with van der Waals surface area (Å²) in [5.41, 5.74) is 3.10. The van der Waals surface area contributed by atoms with Gasteiger partial charge in [-0.3, -0.25) is 4.79 Å². The van der Waals surface area contributed by atoms with Gasteiger partial charge in [-0.25, -0.2) is 0 Å². The van der Waals surface area contributed by atoms with Crippen molar-refractivity contribution < 1.29 is 4.79 Å². The smallest absolute Gasteiger partial charge is 0.258 e. The van der Waals surface area contributed by atoms with Gasteiger partial charge in [-0.15, -0.1) is 0 Å². The summed E-state index contributed by atoms with van der Waals surface area (Å²) in [6.45, 7) is 2.13. The Morgan fingerprint density at radius 2 is 2.00 bits per heavy atom. The van der Waals surface area contributed by atoms with Crippen LogP contribution in [0.3, 0.4) is 0 Å². The molecule has 0 spiro atoms. The molecule has 0 radical (unpaired) electrons. The highest BCUT2D eigenvalue weighted by molar-refractivity contribution is 14.1. The van der Waals surface area contributed by atoms with Gasteiger partial charge in [-0.1, -0.05) is 24.3 Å². The molecule has 1 heterocycles. The van der Waals surface area contributed by atoms with Gasteiger partial charge in [-0.2, -0.15) is 0 Å². The molecule has 1 aliphatic heterocycles. The Kier molecular flexibility index (Phi) is 3.78. The van der Waals surface area contributed by atoms with E-state index in [1.807, 2.05) is 41.3 Å². The summed E-state index contributed by atoms with van der Waals surface area (Å²) in [5.74, 6) is 0.100. The van der Waals surface area contributed by atoms with Crippen LogP contribution in [0.1, 0.15) is 29.3 Å². The molecule has 1 amide bonds. The van der Waals surface area contributed by atoms with Gasteiger partial charge in [0.05, 0.1) is 0 Å². The minimum Gasteiger partial charge on any atom is -0.305 e. The summed E-state index contributed by atoms with van der Waals surface area (Å²) >= 11 is 2.24. The Morgan fingerprint density at radius 3 is 2.80 bits per heavy atom. The molecule has 1 aliphatic rings. The molecule has 0 aliphatic carbocycles. The van der Waals surface area contributed by atoms with Crippen molar-refractivity contribution >= 4 is 34.2 Å². The second kappa shape index (κ2) is 5.56. The molecular weight excluding hydrogens is 361 g/mol. The predicted octanol–water partition coefficient (Wildman–Crippen LogP) is 4.27. The minimum atomic E-state index is 0.100. The highest BCUT2D eigenvalue weighted by atomic mass is 127. The average Bonchev–Trinajstić information content (AvgIpc) is 2.46. The lowest BCUT2D eigenvalue weighted by Gasteiger charge is -2.35. The molecule has 20 heavy (non-hydrogen) atoms. The monoisotopic (exact) mass is 377 g/mol. The maximum Gasteiger partial charge on any atom is 0.258 e. The molecule has 102 valence electrons. The number of halogens is 1. The van der Waals surface area contributed by atoms with E-state index in [2.05, 4.69) is 41.6 Å². The second-order valence-electron chi connectivity index (χ2n) is 5.20. The molecule has 3 rings (SSSR count). The normalized spacial score (nSPS) is 17.7. The lowest BCUT2D eigenvalue weighted by atomic mass is 9.96. The molecule has 0 bridgehead atoms. The van der Waals surface area contributed by atoms with Gasteiger partial charge < -0.3 is 4.90 Å². The van der Waals surface area contributed by atoms with E-state index >= 15 is 0 Å². The van der Waals surface area contributed by atoms with Crippen LogP contribution in [0.25, 0.3) is 0 Å². The van der Waals surface area contributed by atoms with E-state index in [1.165, 1.54) is 5.56 Å². The quantitative estimate of drug-likeness (QED) is 0.680. The third kappa shape index (κ3) is 2.46. The summed E-state index contributed by atoms with van der Waals surface area (Å²) in [6.07, 6.45) is 2.07. The van der Waals surface area contributed by atoms with Crippen LogP contribution in [0.5, 0.6) is 0 Å². The number of benzene rings is 2. The zero-order chi connectivity index (χ0) is 14.1. The van der Waals surface area contributed by atoms with E-state index in [4.69, 9.17) is 0 Å². The standard InChI is InChI=1S/C17H16INO/c1-12-9-10-13-5-2-3-8-16(13)19(12)17(20)14-6-4-7-15(18)11-14/h2-8,11-12H,9-10H2,1H3/t12-/m1/s1. The highest BCUT2D eigenvalue weighted by Crippen LogP contribution is 2.31. The first-order chi connectivity index (χ1) is 9.66. The molecule has 0 saturated heterocycles. The molecule has 0 unspecified atom stereocenters. The lowest BCUT2D eigenvalue weighted by Crippen LogP contribution is -2.42. The lowest BCUT2D eigenvalue weighted by molar-refractivity contribution is 0.0975. The second-order valence-corrected chi connectivity index (χ2v) is 6.45. The Hall–Kier alpha value is -1.36. The highest BCUT2D eigenvalue weighted by Gasteiger charge is 2.28. The molecule has 2 aromatic carbocycles. The predicted molar refractivity (Wildman–Crippen MR) is 90.2 cm³/mol. The van der Waals surface area contributed by atoms with E-state index in [0.29, 0.717) is 0 Å². The van der Waals surface area contributed by atoms with Crippen molar-refractivity contribution in [3.05, 3.63) is 63.2 Å². The molecule has 2 nitrogen and oxygen atoms in total. The van der Waals surface area contributed by atoms with Crippen molar-refractivity contribution in [3.8, 4) is 0 Å². The first-order valence-electron chi connectivity index (χ1n) is 6.84. The topological polar surface area (TPSA) is 20.3 Å². The zero-order valence-electron chi connectivity index (χ0n) is 11.3. The van der Waals surface area contributed by atoms with Gasteiger partial charge >= 0.3 is 0 Å². The molecule has 2 aromatic rings. The fourth-order valence-corrected chi connectivity index (χ4v) is 3.30. The van der Waals surface area contributed by atoms with Crippen molar-refractivity contribution in [2.24, 2.45) is 0 Å². The number of hydrogen-bond donors (Lipinski definition) is 0. The summed E-state index contributed by atoms with van der Waals surface area (Å²) in [5, 5.41) is 0. The van der Waals surface area contributed by atoms with E-state index in [1.54, 1.807) is 0 Å². The van der Waals surface area contributed by atoms with Crippen LogP contribution in [-0.4, -0.2) is 11.9 Å². The van der Waals surface area contributed by atoms with Crippen molar-refractivity contribution in [1.29, 1.82) is 0 Å². The fraction of sp³-hybridized carbons (Fsp3) is 0.235. The summed E-state index contributed by atoms with van der Waals surface area (Å²) in [4.78, 5) is 14.8. The van der Waals surface area contributed by atoms with Gasteiger partial charge in [0.25, 0.3) is 5.91 Å². The van der Waals surface area contributed by atoms with Crippen LogP contribution in [0.15, 0.2) is 48.5 Å². The first kappa shape index (κ1) is 13.6. The molecule has 0 aromatic heterocycles. The number of carbonyl (C=O) groups excluding carboxylic acids is 1. The van der Waals surface area contributed by atoms with Gasteiger partial charge in [0.1, 0.15) is 0 Å².